The third kappa shape index (κ3) is 3.39. The molecule has 0 radical (unpaired) electrons. The van der Waals surface area contributed by atoms with Crippen molar-refractivity contribution in [3.63, 3.8) is 0 Å². The van der Waals surface area contributed by atoms with E-state index in [2.05, 4.69) is 17.1 Å². The number of hydrogen-bond donors (Lipinski definition) is 1. The number of nitrogens with one attached hydrogen (secondary N) is 1. The van der Waals surface area contributed by atoms with Gasteiger partial charge < -0.3 is 5.32 Å². The molecule has 2 nitrogen and oxygen atoms in total. The second-order valence-corrected chi connectivity index (χ2v) is 7.50. The molecule has 0 bridgehead atoms. The topological polar surface area (TPSA) is 15.3 Å². The Morgan fingerprint density at radius 1 is 0.900 bits per heavy atom. The Hall–Kier alpha value is -0.0800. The van der Waals surface area contributed by atoms with E-state index in [0.29, 0.717) is 0 Å². The van der Waals surface area contributed by atoms with Gasteiger partial charge in [-0.15, -0.1) is 0 Å². The zero-order valence-electron chi connectivity index (χ0n) is 13.4. The molecule has 1 saturated heterocycles. The molecule has 1 N–H and O–H groups in total. The summed E-state index contributed by atoms with van der Waals surface area (Å²) in [5, 5.41) is 3.85. The zero-order valence-corrected chi connectivity index (χ0v) is 13.4. The molecule has 1 heterocycles. The van der Waals surface area contributed by atoms with Crippen molar-refractivity contribution < 1.29 is 0 Å². The zero-order chi connectivity index (χ0) is 13.8. The van der Waals surface area contributed by atoms with E-state index in [-0.39, 0.29) is 0 Å². The van der Waals surface area contributed by atoms with Gasteiger partial charge in [0.2, 0.25) is 0 Å². The normalized spacial score (nSPS) is 39.5. The van der Waals surface area contributed by atoms with Gasteiger partial charge in [0.15, 0.2) is 0 Å². The van der Waals surface area contributed by atoms with Gasteiger partial charge in [0.05, 0.1) is 0 Å². The van der Waals surface area contributed by atoms with Crippen LogP contribution in [0.3, 0.4) is 0 Å². The second-order valence-electron chi connectivity index (χ2n) is 7.50. The maximum atomic E-state index is 3.85. The third-order valence-electron chi connectivity index (χ3n) is 6.18. The molecule has 1 aliphatic heterocycles. The Morgan fingerprint density at radius 3 is 2.50 bits per heavy atom. The molecule has 3 fully saturated rings. The van der Waals surface area contributed by atoms with E-state index in [1.807, 2.05) is 0 Å². The summed E-state index contributed by atoms with van der Waals surface area (Å²) in [6, 6.07) is 1.63. The minimum Gasteiger partial charge on any atom is -0.312 e. The summed E-state index contributed by atoms with van der Waals surface area (Å²) in [7, 11) is 0. The molecular formula is C18H34N2. The smallest absolute Gasteiger partial charge is 0.0249 e. The Labute approximate surface area is 125 Å². The predicted octanol–water partition coefficient (Wildman–Crippen LogP) is 3.81. The SMILES string of the molecule is CCCNC1CCCCC1N1CCC2CCCCC2C1. The van der Waals surface area contributed by atoms with Gasteiger partial charge in [-0.05, 0) is 57.0 Å². The lowest BCUT2D eigenvalue weighted by Crippen LogP contribution is -2.56. The lowest BCUT2D eigenvalue weighted by Gasteiger charge is -2.48. The summed E-state index contributed by atoms with van der Waals surface area (Å²) in [6.45, 7) is 6.30. The first-order chi connectivity index (χ1) is 9.88. The van der Waals surface area contributed by atoms with E-state index in [1.165, 1.54) is 83.8 Å². The van der Waals surface area contributed by atoms with Crippen LogP contribution in [0.1, 0.15) is 71.1 Å². The third-order valence-corrected chi connectivity index (χ3v) is 6.18. The van der Waals surface area contributed by atoms with Crippen molar-refractivity contribution in [2.24, 2.45) is 11.8 Å². The van der Waals surface area contributed by atoms with Gasteiger partial charge in [0, 0.05) is 18.6 Å². The van der Waals surface area contributed by atoms with Crippen molar-refractivity contribution in [1.29, 1.82) is 0 Å². The minimum absolute atomic E-state index is 0.781. The molecule has 0 spiro atoms. The Morgan fingerprint density at radius 2 is 1.65 bits per heavy atom. The molecule has 0 aromatic rings. The van der Waals surface area contributed by atoms with Crippen LogP contribution in [0, 0.1) is 11.8 Å². The van der Waals surface area contributed by atoms with Crippen molar-refractivity contribution >= 4 is 0 Å². The maximum absolute atomic E-state index is 3.85. The van der Waals surface area contributed by atoms with Crippen LogP contribution in [-0.2, 0) is 0 Å². The standard InChI is InChI=1S/C18H34N2/c1-2-12-19-17-9-5-6-10-18(17)20-13-11-15-7-3-4-8-16(15)14-20/h15-19H,2-14H2,1H3. The molecule has 0 amide bonds. The van der Waals surface area contributed by atoms with E-state index in [1.54, 1.807) is 0 Å². The highest BCUT2D eigenvalue weighted by atomic mass is 15.2. The molecule has 2 saturated carbocycles. The van der Waals surface area contributed by atoms with E-state index in [9.17, 15) is 0 Å². The highest BCUT2D eigenvalue weighted by molar-refractivity contribution is 4.93. The summed E-state index contributed by atoms with van der Waals surface area (Å²) < 4.78 is 0. The summed E-state index contributed by atoms with van der Waals surface area (Å²) in [5.41, 5.74) is 0. The van der Waals surface area contributed by atoms with Gasteiger partial charge in [0.1, 0.15) is 0 Å². The van der Waals surface area contributed by atoms with Gasteiger partial charge in [-0.3, -0.25) is 4.90 Å². The summed E-state index contributed by atoms with van der Waals surface area (Å²) in [4.78, 5) is 2.89. The molecule has 20 heavy (non-hydrogen) atoms. The fourth-order valence-corrected chi connectivity index (χ4v) is 5.05. The minimum atomic E-state index is 0.781. The molecular weight excluding hydrogens is 244 g/mol. The Balaban J connectivity index is 1.58. The lowest BCUT2D eigenvalue weighted by atomic mass is 9.74. The lowest BCUT2D eigenvalue weighted by molar-refractivity contribution is 0.0309. The van der Waals surface area contributed by atoms with Crippen molar-refractivity contribution in [2.45, 2.75) is 83.2 Å². The molecule has 0 aromatic heterocycles. The number of fused-ring (bicyclic) bond motifs is 1. The first kappa shape index (κ1) is 14.8. The number of nitrogens with zero attached hydrogens (tertiary/aromatic N) is 1. The van der Waals surface area contributed by atoms with Crippen LogP contribution >= 0.6 is 0 Å². The quantitative estimate of drug-likeness (QED) is 0.841. The van der Waals surface area contributed by atoms with Gasteiger partial charge >= 0.3 is 0 Å². The maximum Gasteiger partial charge on any atom is 0.0249 e. The average Bonchev–Trinajstić information content (AvgIpc) is 2.53. The van der Waals surface area contributed by atoms with Gasteiger partial charge in [-0.1, -0.05) is 39.0 Å². The summed E-state index contributed by atoms with van der Waals surface area (Å²) >= 11 is 0. The van der Waals surface area contributed by atoms with E-state index in [4.69, 9.17) is 0 Å². The van der Waals surface area contributed by atoms with Gasteiger partial charge in [0.25, 0.3) is 0 Å². The first-order valence-electron chi connectivity index (χ1n) is 9.36. The van der Waals surface area contributed by atoms with Crippen LogP contribution in [0.25, 0.3) is 0 Å². The molecule has 4 atom stereocenters. The highest BCUT2D eigenvalue weighted by Crippen LogP contribution is 2.38. The monoisotopic (exact) mass is 278 g/mol. The predicted molar refractivity (Wildman–Crippen MR) is 86.0 cm³/mol. The van der Waals surface area contributed by atoms with Crippen LogP contribution in [0.4, 0.5) is 0 Å². The second kappa shape index (κ2) is 7.26. The Kier molecular flexibility index (Phi) is 5.39. The largest absolute Gasteiger partial charge is 0.312 e. The molecule has 3 aliphatic rings. The fourth-order valence-electron chi connectivity index (χ4n) is 5.05. The van der Waals surface area contributed by atoms with Gasteiger partial charge in [-0.25, -0.2) is 0 Å². The van der Waals surface area contributed by atoms with Crippen LogP contribution in [0.5, 0.6) is 0 Å². The molecule has 2 heteroatoms. The summed E-state index contributed by atoms with van der Waals surface area (Å²) in [6.07, 6.45) is 14.6. The summed E-state index contributed by atoms with van der Waals surface area (Å²) in [5.74, 6) is 2.11. The van der Waals surface area contributed by atoms with Crippen molar-refractivity contribution in [1.82, 2.24) is 10.2 Å². The molecule has 3 rings (SSSR count). The molecule has 116 valence electrons. The molecule has 2 aliphatic carbocycles. The number of hydrogen-bond acceptors (Lipinski definition) is 2. The van der Waals surface area contributed by atoms with Crippen molar-refractivity contribution in [3.05, 3.63) is 0 Å². The highest BCUT2D eigenvalue weighted by Gasteiger charge is 2.36. The van der Waals surface area contributed by atoms with Crippen LogP contribution in [0.2, 0.25) is 0 Å². The van der Waals surface area contributed by atoms with Crippen LogP contribution in [0.15, 0.2) is 0 Å². The number of rotatable bonds is 4. The number of piperidine rings is 1. The van der Waals surface area contributed by atoms with Crippen molar-refractivity contribution in [2.75, 3.05) is 19.6 Å². The van der Waals surface area contributed by atoms with Crippen molar-refractivity contribution in [3.8, 4) is 0 Å². The molecule has 4 unspecified atom stereocenters. The van der Waals surface area contributed by atoms with Crippen LogP contribution < -0.4 is 5.32 Å². The fraction of sp³-hybridized carbons (Fsp3) is 1.00. The molecule has 0 aromatic carbocycles. The van der Waals surface area contributed by atoms with E-state index < -0.39 is 0 Å². The Bertz CT molecular complexity index is 291. The number of likely N-dealkylation sites (tertiary alicyclic amines) is 1. The van der Waals surface area contributed by atoms with Gasteiger partial charge in [-0.2, -0.15) is 0 Å². The van der Waals surface area contributed by atoms with E-state index in [0.717, 1.165) is 23.9 Å². The average molecular weight is 278 g/mol. The first-order valence-corrected chi connectivity index (χ1v) is 9.36. The van der Waals surface area contributed by atoms with Crippen LogP contribution in [-0.4, -0.2) is 36.6 Å². The van der Waals surface area contributed by atoms with E-state index >= 15 is 0 Å².